The fourth-order valence-electron chi connectivity index (χ4n) is 3.10. The fraction of sp³-hybridized carbons (Fsp3) is 0.333. The van der Waals surface area contributed by atoms with Crippen molar-refractivity contribution in [3.8, 4) is 0 Å². The minimum Gasteiger partial charge on any atom is -0.323 e. The normalized spacial score (nSPS) is 23.1. The predicted molar refractivity (Wildman–Crippen MR) is 88.4 cm³/mol. The van der Waals surface area contributed by atoms with E-state index in [0.717, 1.165) is 24.8 Å². The van der Waals surface area contributed by atoms with E-state index in [9.17, 15) is 4.21 Å². The van der Waals surface area contributed by atoms with Crippen molar-refractivity contribution in [2.75, 3.05) is 0 Å². The number of aryl methyl sites for hydroxylation is 1. The highest BCUT2D eigenvalue weighted by Gasteiger charge is 2.29. The Morgan fingerprint density at radius 1 is 1.05 bits per heavy atom. The van der Waals surface area contributed by atoms with Gasteiger partial charge in [0.2, 0.25) is 0 Å². The van der Waals surface area contributed by atoms with Crippen molar-refractivity contribution in [3.05, 3.63) is 71.3 Å². The van der Waals surface area contributed by atoms with Crippen LogP contribution in [0.1, 0.15) is 35.6 Å². The summed E-state index contributed by atoms with van der Waals surface area (Å²) in [5.41, 5.74) is 10.1. The minimum absolute atomic E-state index is 0.0499. The third-order valence-electron chi connectivity index (χ3n) is 4.24. The Kier molecular flexibility index (Phi) is 4.51. The molecule has 1 aliphatic rings. The molecule has 21 heavy (non-hydrogen) atoms. The van der Waals surface area contributed by atoms with Crippen LogP contribution >= 0.6 is 0 Å². The quantitative estimate of drug-likeness (QED) is 0.883. The molecule has 3 rings (SSSR count). The zero-order valence-corrected chi connectivity index (χ0v) is 12.9. The van der Waals surface area contributed by atoms with E-state index in [0.29, 0.717) is 5.75 Å². The lowest BCUT2D eigenvalue weighted by atomic mass is 10.00. The molecule has 0 saturated heterocycles. The second-order valence-corrected chi connectivity index (χ2v) is 7.32. The molecule has 0 radical (unpaired) electrons. The number of benzene rings is 2. The maximum absolute atomic E-state index is 12.8. The summed E-state index contributed by atoms with van der Waals surface area (Å²) < 4.78 is 12.8. The van der Waals surface area contributed by atoms with Gasteiger partial charge >= 0.3 is 0 Å². The fourth-order valence-corrected chi connectivity index (χ4v) is 4.74. The van der Waals surface area contributed by atoms with Gasteiger partial charge in [-0.3, -0.25) is 4.21 Å². The molecule has 1 aliphatic carbocycles. The highest BCUT2D eigenvalue weighted by Crippen LogP contribution is 2.31. The third-order valence-corrected chi connectivity index (χ3v) is 6.06. The Morgan fingerprint density at radius 3 is 2.57 bits per heavy atom. The van der Waals surface area contributed by atoms with E-state index in [-0.39, 0.29) is 11.3 Å². The van der Waals surface area contributed by atoms with E-state index < -0.39 is 10.8 Å². The Morgan fingerprint density at radius 2 is 1.76 bits per heavy atom. The van der Waals surface area contributed by atoms with Crippen molar-refractivity contribution in [2.24, 2.45) is 5.73 Å². The molecular formula is C18H21NOS. The number of hydrogen-bond donors (Lipinski definition) is 1. The Hall–Kier alpha value is -1.45. The van der Waals surface area contributed by atoms with Gasteiger partial charge < -0.3 is 5.73 Å². The van der Waals surface area contributed by atoms with Crippen LogP contribution < -0.4 is 5.73 Å². The van der Waals surface area contributed by atoms with Gasteiger partial charge in [-0.05, 0) is 36.0 Å². The third kappa shape index (κ3) is 3.25. The van der Waals surface area contributed by atoms with Crippen molar-refractivity contribution in [2.45, 2.75) is 36.3 Å². The summed E-state index contributed by atoms with van der Waals surface area (Å²) in [5.74, 6) is 0.599. The van der Waals surface area contributed by atoms with Gasteiger partial charge in [0.05, 0.1) is 5.25 Å². The molecule has 3 unspecified atom stereocenters. The molecule has 0 amide bonds. The standard InChI is InChI=1S/C18H21NOS/c19-18-16-11-5-4-9-15(16)10-6-12-17(18)21(20)13-14-7-2-1-3-8-14/h1-5,7-9,11,17-18H,6,10,12-13,19H2. The van der Waals surface area contributed by atoms with Crippen molar-refractivity contribution in [3.63, 3.8) is 0 Å². The van der Waals surface area contributed by atoms with Crippen LogP contribution in [0, 0.1) is 0 Å². The van der Waals surface area contributed by atoms with Crippen LogP contribution in [0.3, 0.4) is 0 Å². The maximum atomic E-state index is 12.8. The first kappa shape index (κ1) is 14.5. The second kappa shape index (κ2) is 6.54. The van der Waals surface area contributed by atoms with E-state index in [4.69, 9.17) is 5.73 Å². The molecule has 2 N–H and O–H groups in total. The van der Waals surface area contributed by atoms with Gasteiger partial charge in [0, 0.05) is 22.6 Å². The zero-order valence-electron chi connectivity index (χ0n) is 12.1. The molecule has 3 atom stereocenters. The van der Waals surface area contributed by atoms with Crippen molar-refractivity contribution < 1.29 is 4.21 Å². The van der Waals surface area contributed by atoms with Gasteiger partial charge in [0.15, 0.2) is 0 Å². The second-order valence-electron chi connectivity index (χ2n) is 5.67. The Balaban J connectivity index is 1.80. The molecular weight excluding hydrogens is 278 g/mol. The van der Waals surface area contributed by atoms with E-state index >= 15 is 0 Å². The Bertz CT molecular complexity index is 626. The SMILES string of the molecule is NC1c2ccccc2CCCC1S(=O)Cc1ccccc1. The smallest absolute Gasteiger partial charge is 0.0544 e. The molecule has 2 nitrogen and oxygen atoms in total. The highest BCUT2D eigenvalue weighted by molar-refractivity contribution is 7.84. The van der Waals surface area contributed by atoms with Crippen LogP contribution in [0.15, 0.2) is 54.6 Å². The van der Waals surface area contributed by atoms with E-state index in [2.05, 4.69) is 18.2 Å². The summed E-state index contributed by atoms with van der Waals surface area (Å²) in [4.78, 5) is 0. The van der Waals surface area contributed by atoms with E-state index in [1.807, 2.05) is 36.4 Å². The molecule has 0 aromatic heterocycles. The van der Waals surface area contributed by atoms with Gasteiger partial charge in [0.1, 0.15) is 0 Å². The van der Waals surface area contributed by atoms with Gasteiger partial charge in [-0.25, -0.2) is 0 Å². The lowest BCUT2D eigenvalue weighted by Crippen LogP contribution is -2.30. The first-order chi connectivity index (χ1) is 10.3. The molecule has 110 valence electrons. The van der Waals surface area contributed by atoms with Crippen molar-refractivity contribution >= 4 is 10.8 Å². The van der Waals surface area contributed by atoms with E-state index in [1.165, 1.54) is 11.1 Å². The largest absolute Gasteiger partial charge is 0.323 e. The number of fused-ring (bicyclic) bond motifs is 1. The maximum Gasteiger partial charge on any atom is 0.0544 e. The summed E-state index contributed by atoms with van der Waals surface area (Å²) in [6.07, 6.45) is 3.05. The first-order valence-corrected chi connectivity index (χ1v) is 8.88. The lowest BCUT2D eigenvalue weighted by Gasteiger charge is -2.22. The molecule has 3 heteroatoms. The molecule has 2 aromatic carbocycles. The number of rotatable bonds is 3. The summed E-state index contributed by atoms with van der Waals surface area (Å²) in [7, 11) is -0.931. The highest BCUT2D eigenvalue weighted by atomic mass is 32.2. The van der Waals surface area contributed by atoms with Crippen molar-refractivity contribution in [1.82, 2.24) is 0 Å². The molecule has 0 fully saturated rings. The first-order valence-electron chi connectivity index (χ1n) is 7.50. The molecule has 0 spiro atoms. The summed E-state index contributed by atoms with van der Waals surface area (Å²) in [6.45, 7) is 0. The van der Waals surface area contributed by atoms with Gasteiger partial charge in [0.25, 0.3) is 0 Å². The van der Waals surface area contributed by atoms with Crippen LogP contribution in [0.4, 0.5) is 0 Å². The molecule has 0 aliphatic heterocycles. The zero-order chi connectivity index (χ0) is 14.7. The van der Waals surface area contributed by atoms with Crippen LogP contribution in [0.2, 0.25) is 0 Å². The van der Waals surface area contributed by atoms with Gasteiger partial charge in [-0.2, -0.15) is 0 Å². The van der Waals surface area contributed by atoms with Crippen LogP contribution in [0.5, 0.6) is 0 Å². The summed E-state index contributed by atoms with van der Waals surface area (Å²) in [5, 5.41) is 0.0499. The van der Waals surface area contributed by atoms with Crippen LogP contribution in [0.25, 0.3) is 0 Å². The number of nitrogens with two attached hydrogens (primary N) is 1. The molecule has 0 bridgehead atoms. The predicted octanol–water partition coefficient (Wildman–Crippen LogP) is 3.34. The molecule has 2 aromatic rings. The topological polar surface area (TPSA) is 43.1 Å². The molecule has 0 saturated carbocycles. The average Bonchev–Trinajstić information content (AvgIpc) is 2.68. The van der Waals surface area contributed by atoms with E-state index in [1.54, 1.807) is 0 Å². The van der Waals surface area contributed by atoms with Gasteiger partial charge in [-0.1, -0.05) is 54.6 Å². The monoisotopic (exact) mass is 299 g/mol. The van der Waals surface area contributed by atoms with Crippen LogP contribution in [-0.2, 0) is 23.0 Å². The lowest BCUT2D eigenvalue weighted by molar-refractivity contribution is 0.596. The summed E-state index contributed by atoms with van der Waals surface area (Å²) >= 11 is 0. The number of hydrogen-bond acceptors (Lipinski definition) is 2. The average molecular weight is 299 g/mol. The molecule has 0 heterocycles. The minimum atomic E-state index is -0.931. The summed E-state index contributed by atoms with van der Waals surface area (Å²) in [6, 6.07) is 18.3. The van der Waals surface area contributed by atoms with Crippen molar-refractivity contribution in [1.29, 1.82) is 0 Å². The van der Waals surface area contributed by atoms with Gasteiger partial charge in [-0.15, -0.1) is 0 Å². The van der Waals surface area contributed by atoms with Crippen LogP contribution in [-0.4, -0.2) is 9.46 Å². The Labute approximate surface area is 128 Å².